The van der Waals surface area contributed by atoms with Crippen molar-refractivity contribution in [3.63, 3.8) is 0 Å². The number of ether oxygens (including phenoxy) is 1. The second-order valence-corrected chi connectivity index (χ2v) is 7.67. The van der Waals surface area contributed by atoms with Gasteiger partial charge in [-0.25, -0.2) is 4.98 Å². The Bertz CT molecular complexity index is 1120. The summed E-state index contributed by atoms with van der Waals surface area (Å²) >= 11 is 1.71. The number of aryl methyl sites for hydroxylation is 1. The number of hydrogen-bond acceptors (Lipinski definition) is 4. The predicted molar refractivity (Wildman–Crippen MR) is 111 cm³/mol. The van der Waals surface area contributed by atoms with Gasteiger partial charge in [-0.05, 0) is 24.6 Å². The average Bonchev–Trinajstić information content (AvgIpc) is 3.26. The van der Waals surface area contributed by atoms with Crippen LogP contribution in [0.4, 0.5) is 0 Å². The average molecular weight is 392 g/mol. The zero-order valence-corrected chi connectivity index (χ0v) is 16.3. The van der Waals surface area contributed by atoms with Crippen LogP contribution < -0.4 is 4.74 Å². The zero-order valence-electron chi connectivity index (χ0n) is 15.4. The molecule has 0 aliphatic rings. The van der Waals surface area contributed by atoms with E-state index in [0.717, 1.165) is 44.9 Å². The summed E-state index contributed by atoms with van der Waals surface area (Å²) < 4.78 is 5.92. The highest BCUT2D eigenvalue weighted by molar-refractivity contribution is 7.15. The van der Waals surface area contributed by atoms with Crippen LogP contribution in [0.2, 0.25) is 0 Å². The molecular formula is C22H20N2O3S. The van der Waals surface area contributed by atoms with Crippen LogP contribution in [0.5, 0.6) is 5.75 Å². The second-order valence-electron chi connectivity index (χ2n) is 6.58. The van der Waals surface area contributed by atoms with E-state index in [0.29, 0.717) is 6.61 Å². The number of carboxylic acids is 1. The van der Waals surface area contributed by atoms with Crippen molar-refractivity contribution in [2.75, 3.05) is 6.61 Å². The Hall–Kier alpha value is -3.12. The van der Waals surface area contributed by atoms with E-state index in [-0.39, 0.29) is 6.42 Å². The quantitative estimate of drug-likeness (QED) is 0.471. The van der Waals surface area contributed by atoms with Crippen molar-refractivity contribution in [1.82, 2.24) is 9.97 Å². The van der Waals surface area contributed by atoms with E-state index < -0.39 is 5.97 Å². The van der Waals surface area contributed by atoms with E-state index in [9.17, 15) is 4.79 Å². The van der Waals surface area contributed by atoms with Gasteiger partial charge in [0.25, 0.3) is 0 Å². The van der Waals surface area contributed by atoms with Gasteiger partial charge in [-0.3, -0.25) is 4.79 Å². The van der Waals surface area contributed by atoms with E-state index in [1.807, 2.05) is 43.3 Å². The molecule has 4 aromatic rings. The lowest BCUT2D eigenvalue weighted by molar-refractivity contribution is -0.136. The summed E-state index contributed by atoms with van der Waals surface area (Å²) in [5, 5.41) is 10.9. The number of rotatable bonds is 7. The molecule has 0 aliphatic carbocycles. The number of thiazole rings is 1. The zero-order chi connectivity index (χ0) is 19.5. The van der Waals surface area contributed by atoms with Gasteiger partial charge in [0.1, 0.15) is 10.8 Å². The molecule has 28 heavy (non-hydrogen) atoms. The van der Waals surface area contributed by atoms with Gasteiger partial charge in [0.15, 0.2) is 0 Å². The lowest BCUT2D eigenvalue weighted by Gasteiger charge is -2.06. The highest BCUT2D eigenvalue weighted by Gasteiger charge is 2.11. The van der Waals surface area contributed by atoms with Crippen LogP contribution in [0, 0.1) is 6.92 Å². The third-order valence-corrected chi connectivity index (χ3v) is 5.86. The largest absolute Gasteiger partial charge is 0.493 e. The van der Waals surface area contributed by atoms with Crippen molar-refractivity contribution in [2.24, 2.45) is 0 Å². The second kappa shape index (κ2) is 7.86. The van der Waals surface area contributed by atoms with E-state index >= 15 is 0 Å². The Morgan fingerprint density at radius 3 is 2.82 bits per heavy atom. The molecule has 0 fully saturated rings. The first kappa shape index (κ1) is 18.3. The van der Waals surface area contributed by atoms with Gasteiger partial charge in [-0.2, -0.15) is 0 Å². The summed E-state index contributed by atoms with van der Waals surface area (Å²) in [6, 6.07) is 15.9. The Morgan fingerprint density at radius 2 is 2.04 bits per heavy atom. The summed E-state index contributed by atoms with van der Waals surface area (Å²) in [7, 11) is 0. The molecule has 0 radical (unpaired) electrons. The van der Waals surface area contributed by atoms with Crippen LogP contribution in [-0.2, 0) is 17.6 Å². The standard InChI is InChI=1S/C22H20N2O3S/c1-14-20(28-22(24-14)15-5-3-2-4-6-15)9-10-27-17-7-8-18-16(11-21(25)26)13-23-19(18)12-17/h2-8,12-13,23H,9-11H2,1H3,(H,25,26). The molecule has 0 aliphatic heterocycles. The molecule has 2 aromatic heterocycles. The molecule has 2 heterocycles. The molecule has 0 bridgehead atoms. The van der Waals surface area contributed by atoms with Crippen LogP contribution in [0.15, 0.2) is 54.7 Å². The predicted octanol–water partition coefficient (Wildman–Crippen LogP) is 4.85. The van der Waals surface area contributed by atoms with Gasteiger partial charge in [0, 0.05) is 40.0 Å². The van der Waals surface area contributed by atoms with Crippen LogP contribution in [0.3, 0.4) is 0 Å². The van der Waals surface area contributed by atoms with Crippen molar-refractivity contribution >= 4 is 28.2 Å². The van der Waals surface area contributed by atoms with E-state index in [4.69, 9.17) is 9.84 Å². The first-order valence-electron chi connectivity index (χ1n) is 9.06. The molecule has 2 aromatic carbocycles. The monoisotopic (exact) mass is 392 g/mol. The molecule has 0 saturated carbocycles. The first-order valence-corrected chi connectivity index (χ1v) is 9.88. The number of H-pyrrole nitrogens is 1. The summed E-state index contributed by atoms with van der Waals surface area (Å²) in [5.41, 5.74) is 3.85. The Morgan fingerprint density at radius 1 is 1.21 bits per heavy atom. The molecule has 0 saturated heterocycles. The fraction of sp³-hybridized carbons (Fsp3) is 0.182. The molecule has 0 atom stereocenters. The Kier molecular flexibility index (Phi) is 5.12. The number of nitrogens with one attached hydrogen (secondary N) is 1. The van der Waals surface area contributed by atoms with Gasteiger partial charge in [0.2, 0.25) is 0 Å². The SMILES string of the molecule is Cc1nc(-c2ccccc2)sc1CCOc1ccc2c(CC(=O)O)c[nH]c2c1. The van der Waals surface area contributed by atoms with Crippen molar-refractivity contribution in [1.29, 1.82) is 0 Å². The summed E-state index contributed by atoms with van der Waals surface area (Å²) in [4.78, 5) is 20.0. The summed E-state index contributed by atoms with van der Waals surface area (Å²) in [6.07, 6.45) is 2.55. The van der Waals surface area contributed by atoms with Crippen LogP contribution in [0.1, 0.15) is 16.1 Å². The fourth-order valence-electron chi connectivity index (χ4n) is 3.19. The molecule has 4 rings (SSSR count). The molecule has 0 unspecified atom stereocenters. The summed E-state index contributed by atoms with van der Waals surface area (Å²) in [6.45, 7) is 2.60. The van der Waals surface area contributed by atoms with Crippen molar-refractivity contribution in [2.45, 2.75) is 19.8 Å². The molecule has 6 heteroatoms. The maximum absolute atomic E-state index is 10.9. The first-order chi connectivity index (χ1) is 13.6. The number of hydrogen-bond donors (Lipinski definition) is 2. The smallest absolute Gasteiger partial charge is 0.307 e. The van der Waals surface area contributed by atoms with Crippen LogP contribution >= 0.6 is 11.3 Å². The maximum atomic E-state index is 10.9. The van der Waals surface area contributed by atoms with Crippen LogP contribution in [0.25, 0.3) is 21.5 Å². The molecule has 0 amide bonds. The fourth-order valence-corrected chi connectivity index (χ4v) is 4.24. The summed E-state index contributed by atoms with van der Waals surface area (Å²) in [5.74, 6) is -0.0716. The van der Waals surface area contributed by atoms with Gasteiger partial charge in [-0.15, -0.1) is 11.3 Å². The van der Waals surface area contributed by atoms with Gasteiger partial charge in [-0.1, -0.05) is 30.3 Å². The topological polar surface area (TPSA) is 75.2 Å². The lowest BCUT2D eigenvalue weighted by Crippen LogP contribution is -2.01. The number of benzene rings is 2. The maximum Gasteiger partial charge on any atom is 0.307 e. The Labute approximate surface area is 166 Å². The number of fused-ring (bicyclic) bond motifs is 1. The Balaban J connectivity index is 1.41. The van der Waals surface area contributed by atoms with Crippen molar-refractivity contribution in [3.05, 3.63) is 70.9 Å². The molecule has 2 N–H and O–H groups in total. The molecular weight excluding hydrogens is 372 g/mol. The highest BCUT2D eigenvalue weighted by atomic mass is 32.1. The minimum Gasteiger partial charge on any atom is -0.493 e. The van der Waals surface area contributed by atoms with Crippen molar-refractivity contribution < 1.29 is 14.6 Å². The number of aliphatic carboxylic acids is 1. The van der Waals surface area contributed by atoms with Crippen molar-refractivity contribution in [3.8, 4) is 16.3 Å². The molecule has 0 spiro atoms. The minimum atomic E-state index is -0.837. The van der Waals surface area contributed by atoms with E-state index in [1.165, 1.54) is 4.88 Å². The normalized spacial score (nSPS) is 11.0. The van der Waals surface area contributed by atoms with E-state index in [2.05, 4.69) is 22.1 Å². The number of aromatic nitrogens is 2. The molecule has 5 nitrogen and oxygen atoms in total. The number of nitrogens with zero attached hydrogens (tertiary/aromatic N) is 1. The third kappa shape index (κ3) is 3.92. The van der Waals surface area contributed by atoms with Gasteiger partial charge < -0.3 is 14.8 Å². The van der Waals surface area contributed by atoms with E-state index in [1.54, 1.807) is 17.5 Å². The number of aromatic amines is 1. The number of carbonyl (C=O) groups is 1. The minimum absolute atomic E-state index is 0.00854. The lowest BCUT2D eigenvalue weighted by atomic mass is 10.1. The van der Waals surface area contributed by atoms with Gasteiger partial charge in [0.05, 0.1) is 18.7 Å². The molecule has 142 valence electrons. The van der Waals surface area contributed by atoms with Gasteiger partial charge >= 0.3 is 5.97 Å². The third-order valence-electron chi connectivity index (χ3n) is 4.59. The highest BCUT2D eigenvalue weighted by Crippen LogP contribution is 2.28. The number of carboxylic acid groups (broad SMARTS) is 1. The van der Waals surface area contributed by atoms with Crippen LogP contribution in [-0.4, -0.2) is 27.7 Å².